The molecule has 36 heavy (non-hydrogen) atoms. The molecule has 2 aliphatic heterocycles. The van der Waals surface area contributed by atoms with Crippen molar-refractivity contribution in [1.29, 1.82) is 0 Å². The molecule has 0 unspecified atom stereocenters. The molecule has 4 aliphatic rings. The van der Waals surface area contributed by atoms with E-state index in [0.29, 0.717) is 0 Å². The number of nitrogens with zero attached hydrogens (tertiary/aromatic N) is 6. The maximum atomic E-state index is 4.94. The summed E-state index contributed by atoms with van der Waals surface area (Å²) in [6.07, 6.45) is 8.43. The van der Waals surface area contributed by atoms with Gasteiger partial charge in [0.25, 0.3) is 0 Å². The number of nitrogens with one attached hydrogen (secondary N) is 1. The molecular formula is C28H31N7S. The van der Waals surface area contributed by atoms with Crippen LogP contribution >= 0.6 is 11.3 Å². The van der Waals surface area contributed by atoms with E-state index < -0.39 is 0 Å². The second-order valence-electron chi connectivity index (χ2n) is 10.2. The molecule has 184 valence electrons. The molecule has 7 rings (SSSR count). The number of hydrogen-bond donors (Lipinski definition) is 1. The molecular weight excluding hydrogens is 466 g/mol. The molecule has 3 aromatic rings. The third-order valence-corrected chi connectivity index (χ3v) is 9.04. The van der Waals surface area contributed by atoms with Gasteiger partial charge in [0.2, 0.25) is 0 Å². The molecule has 0 spiro atoms. The van der Waals surface area contributed by atoms with E-state index in [4.69, 9.17) is 15.1 Å². The Morgan fingerprint density at radius 1 is 1.00 bits per heavy atom. The minimum Gasteiger partial charge on any atom is -0.361 e. The highest BCUT2D eigenvalue weighted by molar-refractivity contribution is 7.15. The summed E-state index contributed by atoms with van der Waals surface area (Å²) in [4.78, 5) is 19.1. The first-order chi connectivity index (χ1) is 17.7. The first-order valence-electron chi connectivity index (χ1n) is 13.0. The van der Waals surface area contributed by atoms with E-state index >= 15 is 0 Å². The largest absolute Gasteiger partial charge is 0.361 e. The third kappa shape index (κ3) is 3.62. The SMILES string of the molecule is Cc1nc(-c2c3ncnn(N4CCN(Cc5ccc6[nH]ccc6c5)CC4)c-3c3c2CCCC3)sc1C. The fraction of sp³-hybridized carbons (Fsp3) is 0.393. The average Bonchev–Trinajstić information content (AvgIpc) is 3.59. The number of aryl methyl sites for hydroxylation is 2. The second-order valence-corrected chi connectivity index (χ2v) is 11.4. The van der Waals surface area contributed by atoms with Crippen molar-refractivity contribution in [1.82, 2.24) is 29.7 Å². The second kappa shape index (κ2) is 8.71. The van der Waals surface area contributed by atoms with Gasteiger partial charge < -0.3 is 4.98 Å². The third-order valence-electron chi connectivity index (χ3n) is 7.95. The molecule has 4 heterocycles. The highest BCUT2D eigenvalue weighted by Gasteiger charge is 2.33. The molecule has 8 heteroatoms. The Bertz CT molecular complexity index is 1500. The number of fused-ring (bicyclic) bond motifs is 4. The van der Waals surface area contributed by atoms with Crippen LogP contribution < -0.4 is 5.01 Å². The summed E-state index contributed by atoms with van der Waals surface area (Å²) in [7, 11) is 0. The quantitative estimate of drug-likeness (QED) is 0.381. The van der Waals surface area contributed by atoms with Gasteiger partial charge in [-0.2, -0.15) is 4.79 Å². The molecule has 1 saturated heterocycles. The topological polar surface area (TPSA) is 65.9 Å². The van der Waals surface area contributed by atoms with E-state index in [-0.39, 0.29) is 0 Å². The van der Waals surface area contributed by atoms with Crippen LogP contribution in [0.3, 0.4) is 0 Å². The van der Waals surface area contributed by atoms with Crippen LogP contribution in [0.5, 0.6) is 0 Å². The lowest BCUT2D eigenvalue weighted by Gasteiger charge is -2.37. The van der Waals surface area contributed by atoms with Crippen LogP contribution in [0.4, 0.5) is 0 Å². The van der Waals surface area contributed by atoms with E-state index in [2.05, 4.69) is 57.8 Å². The van der Waals surface area contributed by atoms with Crippen molar-refractivity contribution >= 4 is 22.2 Å². The molecule has 1 aromatic carbocycles. The summed E-state index contributed by atoms with van der Waals surface area (Å²) in [5.41, 5.74) is 10.1. The van der Waals surface area contributed by atoms with Crippen molar-refractivity contribution in [2.45, 2.75) is 46.1 Å². The summed E-state index contributed by atoms with van der Waals surface area (Å²) in [5.74, 6) is 0. The fourth-order valence-electron chi connectivity index (χ4n) is 5.95. The molecule has 0 saturated carbocycles. The van der Waals surface area contributed by atoms with Crippen LogP contribution in [0.25, 0.3) is 32.9 Å². The smallest absolute Gasteiger partial charge is 0.138 e. The predicted molar refractivity (Wildman–Crippen MR) is 145 cm³/mol. The normalized spacial score (nSPS) is 16.8. The summed E-state index contributed by atoms with van der Waals surface area (Å²) < 4.78 is 0. The lowest BCUT2D eigenvalue weighted by atomic mass is 9.93. The lowest BCUT2D eigenvalue weighted by molar-refractivity contribution is 0.228. The van der Waals surface area contributed by atoms with Crippen molar-refractivity contribution in [3.05, 3.63) is 64.1 Å². The lowest BCUT2D eigenvalue weighted by Crippen LogP contribution is -2.51. The van der Waals surface area contributed by atoms with E-state index in [1.807, 2.05) is 6.20 Å². The summed E-state index contributed by atoms with van der Waals surface area (Å²) >= 11 is 1.80. The summed E-state index contributed by atoms with van der Waals surface area (Å²) in [6.45, 7) is 9.20. The van der Waals surface area contributed by atoms with Gasteiger partial charge in [0.15, 0.2) is 0 Å². The minimum absolute atomic E-state index is 0.952. The minimum atomic E-state index is 0.952. The Kier molecular flexibility index (Phi) is 5.32. The van der Waals surface area contributed by atoms with Crippen molar-refractivity contribution in [2.24, 2.45) is 0 Å². The van der Waals surface area contributed by atoms with Gasteiger partial charge in [-0.15, -0.1) is 16.4 Å². The van der Waals surface area contributed by atoms with Crippen LogP contribution in [-0.2, 0) is 19.4 Å². The molecule has 1 fully saturated rings. The highest BCUT2D eigenvalue weighted by Crippen LogP contribution is 2.46. The van der Waals surface area contributed by atoms with E-state index in [9.17, 15) is 0 Å². The van der Waals surface area contributed by atoms with Gasteiger partial charge in [-0.1, -0.05) is 6.07 Å². The van der Waals surface area contributed by atoms with Gasteiger partial charge in [0.1, 0.15) is 22.7 Å². The van der Waals surface area contributed by atoms with Crippen molar-refractivity contribution in [3.63, 3.8) is 0 Å². The average molecular weight is 498 g/mol. The van der Waals surface area contributed by atoms with Gasteiger partial charge in [-0.05, 0) is 79.8 Å². The molecule has 0 atom stereocenters. The first kappa shape index (κ1) is 22.0. The first-order valence-corrected chi connectivity index (χ1v) is 13.8. The van der Waals surface area contributed by atoms with E-state index in [0.717, 1.165) is 62.0 Å². The zero-order chi connectivity index (χ0) is 24.2. The predicted octanol–water partition coefficient (Wildman–Crippen LogP) is 4.94. The highest BCUT2D eigenvalue weighted by atomic mass is 32.1. The molecule has 2 aromatic heterocycles. The van der Waals surface area contributed by atoms with Gasteiger partial charge in [-0.25, -0.2) is 9.97 Å². The molecule has 0 bridgehead atoms. The van der Waals surface area contributed by atoms with Crippen LogP contribution in [-0.4, -0.2) is 55.9 Å². The Morgan fingerprint density at radius 2 is 1.83 bits per heavy atom. The number of thiazole rings is 1. The van der Waals surface area contributed by atoms with Crippen molar-refractivity contribution in [2.75, 3.05) is 31.2 Å². The van der Waals surface area contributed by atoms with Crippen LogP contribution in [0.2, 0.25) is 0 Å². The summed E-state index contributed by atoms with van der Waals surface area (Å²) in [6, 6.07) is 8.89. The van der Waals surface area contributed by atoms with Gasteiger partial charge in [0.05, 0.1) is 5.69 Å². The maximum absolute atomic E-state index is 4.94. The number of H-pyrrole nitrogens is 1. The molecule has 0 radical (unpaired) electrons. The molecule has 1 N–H and O–H groups in total. The van der Waals surface area contributed by atoms with Gasteiger partial charge >= 0.3 is 0 Å². The van der Waals surface area contributed by atoms with Crippen molar-refractivity contribution in [3.8, 4) is 22.0 Å². The van der Waals surface area contributed by atoms with Gasteiger partial charge in [0, 0.05) is 54.9 Å². The van der Waals surface area contributed by atoms with Crippen molar-refractivity contribution < 1.29 is 0 Å². The van der Waals surface area contributed by atoms with Crippen LogP contribution in [0.15, 0.2) is 36.8 Å². The number of hydrogen-bond acceptors (Lipinski definition) is 6. The van der Waals surface area contributed by atoms with Crippen LogP contribution in [0.1, 0.15) is 40.1 Å². The standard InChI is InChI=1S/C28H31N7S/c1-18-19(2)36-28(32-18)25-22-5-3-4-6-23(22)27-26(25)30-17-31-35(27)34-13-11-33(12-14-34)16-20-7-8-24-21(15-20)9-10-29-24/h7-10,15,17,29H,3-6,11-14,16H2,1-2H3. The molecule has 0 amide bonds. The maximum Gasteiger partial charge on any atom is 0.138 e. The Hall–Kier alpha value is -3.23. The van der Waals surface area contributed by atoms with E-state index in [1.54, 1.807) is 17.7 Å². The number of aromatic amines is 1. The molecule has 2 aliphatic carbocycles. The summed E-state index contributed by atoms with van der Waals surface area (Å²) in [5, 5.41) is 9.61. The number of aromatic nitrogens is 5. The van der Waals surface area contributed by atoms with Crippen LogP contribution in [0, 0.1) is 13.8 Å². The monoisotopic (exact) mass is 497 g/mol. The zero-order valence-corrected chi connectivity index (χ0v) is 21.7. The molecule has 7 nitrogen and oxygen atoms in total. The number of benzene rings is 1. The number of piperazine rings is 1. The number of rotatable bonds is 4. The Labute approximate surface area is 215 Å². The Balaban J connectivity index is 1.17. The fourth-order valence-corrected chi connectivity index (χ4v) is 6.93. The van der Waals surface area contributed by atoms with Gasteiger partial charge in [-0.3, -0.25) is 9.91 Å². The van der Waals surface area contributed by atoms with E-state index in [1.165, 1.54) is 56.6 Å². The zero-order valence-electron chi connectivity index (χ0n) is 20.9. The Morgan fingerprint density at radius 3 is 2.64 bits per heavy atom.